The molecule has 1 N–H and O–H groups in total. The van der Waals surface area contributed by atoms with Crippen LogP contribution >= 0.6 is 0 Å². The number of pyridine rings is 1. The molecule has 2 saturated heterocycles. The first-order chi connectivity index (χ1) is 17.4. The normalized spacial score (nSPS) is 20.7. The van der Waals surface area contributed by atoms with Crippen LogP contribution in [0, 0.1) is 0 Å². The van der Waals surface area contributed by atoms with Crippen LogP contribution in [0.4, 0.5) is 5.95 Å². The van der Waals surface area contributed by atoms with E-state index >= 15 is 0 Å². The molecule has 1 amide bonds. The summed E-state index contributed by atoms with van der Waals surface area (Å²) in [5.74, 6) is 1.50. The Kier molecular flexibility index (Phi) is 5.63. The second-order valence-electron chi connectivity index (χ2n) is 10.4. The molecule has 0 aliphatic carbocycles. The number of benzene rings is 1. The van der Waals surface area contributed by atoms with Crippen LogP contribution in [0.25, 0.3) is 11.3 Å². The fraction of sp³-hybridized carbons (Fsp3) is 0.500. The third kappa shape index (κ3) is 4.19. The maximum Gasteiger partial charge on any atom is 0.266 e. The number of hydrogen-bond donors (Lipinski definition) is 1. The number of fused-ring (bicyclic) bond motifs is 1. The van der Waals surface area contributed by atoms with E-state index < -0.39 is 6.10 Å². The Morgan fingerprint density at radius 3 is 2.61 bits per heavy atom. The average Bonchev–Trinajstić information content (AvgIpc) is 3.62. The average molecular weight is 490 g/mol. The maximum atomic E-state index is 12.7. The molecule has 10 nitrogen and oxygen atoms in total. The summed E-state index contributed by atoms with van der Waals surface area (Å²) in [6, 6.07) is 9.86. The minimum atomic E-state index is -0.418. The van der Waals surface area contributed by atoms with Gasteiger partial charge in [-0.15, -0.1) is 5.10 Å². The summed E-state index contributed by atoms with van der Waals surface area (Å²) in [6.07, 6.45) is 4.67. The lowest BCUT2D eigenvalue weighted by Gasteiger charge is -2.38. The molecule has 0 saturated carbocycles. The van der Waals surface area contributed by atoms with E-state index in [0.29, 0.717) is 31.0 Å². The smallest absolute Gasteiger partial charge is 0.266 e. The van der Waals surface area contributed by atoms with Gasteiger partial charge in [-0.2, -0.15) is 4.80 Å². The van der Waals surface area contributed by atoms with Gasteiger partial charge in [-0.1, -0.05) is 17.2 Å². The third-order valence-corrected chi connectivity index (χ3v) is 7.50. The van der Waals surface area contributed by atoms with Crippen LogP contribution in [0.1, 0.15) is 55.1 Å². The molecular formula is C26H31N7O3. The number of tetrazole rings is 1. The minimum Gasteiger partial charge on any atom is -0.485 e. The van der Waals surface area contributed by atoms with Gasteiger partial charge in [0, 0.05) is 62.1 Å². The van der Waals surface area contributed by atoms with Gasteiger partial charge in [-0.3, -0.25) is 9.78 Å². The Hall–Kier alpha value is -3.53. The predicted molar refractivity (Wildman–Crippen MR) is 133 cm³/mol. The molecule has 188 valence electrons. The number of ether oxygens (including phenoxy) is 1. The van der Waals surface area contributed by atoms with Crippen molar-refractivity contribution < 1.29 is 14.6 Å². The molecule has 1 spiro atoms. The van der Waals surface area contributed by atoms with Crippen molar-refractivity contribution in [1.29, 1.82) is 0 Å². The van der Waals surface area contributed by atoms with E-state index in [-0.39, 0.29) is 17.6 Å². The van der Waals surface area contributed by atoms with Gasteiger partial charge >= 0.3 is 0 Å². The molecule has 3 aliphatic rings. The van der Waals surface area contributed by atoms with E-state index in [9.17, 15) is 9.90 Å². The summed E-state index contributed by atoms with van der Waals surface area (Å²) in [7, 11) is 0. The number of carbonyl (C=O) groups is 1. The number of nitrogens with zero attached hydrogens (tertiary/aromatic N) is 7. The second-order valence-corrected chi connectivity index (χ2v) is 10.4. The largest absolute Gasteiger partial charge is 0.485 e. The number of β-amino-alcohol motifs (C(OH)–C–C–N with tert-alkyl or cyclic N) is 1. The highest BCUT2D eigenvalue weighted by atomic mass is 16.5. The fourth-order valence-electron chi connectivity index (χ4n) is 5.34. The molecule has 3 aliphatic heterocycles. The molecule has 0 radical (unpaired) electrons. The Morgan fingerprint density at radius 1 is 1.17 bits per heavy atom. The molecule has 0 unspecified atom stereocenters. The number of piperidine rings is 1. The van der Waals surface area contributed by atoms with Crippen LogP contribution in [0.2, 0.25) is 0 Å². The topological polar surface area (TPSA) is 110 Å². The summed E-state index contributed by atoms with van der Waals surface area (Å²) in [5.41, 5.74) is 3.42. The maximum absolute atomic E-state index is 12.7. The highest BCUT2D eigenvalue weighted by Gasteiger charge is 2.43. The zero-order valence-corrected chi connectivity index (χ0v) is 20.7. The molecule has 2 aromatic heterocycles. The number of hydrogen-bond acceptors (Lipinski definition) is 8. The third-order valence-electron chi connectivity index (χ3n) is 7.50. The van der Waals surface area contributed by atoms with Crippen molar-refractivity contribution >= 4 is 11.9 Å². The number of carbonyl (C=O) groups excluding carboxylic acids is 1. The van der Waals surface area contributed by atoms with Crippen LogP contribution in [0.15, 0.2) is 36.5 Å². The van der Waals surface area contributed by atoms with Gasteiger partial charge in [-0.05, 0) is 43.7 Å². The SMILES string of the molecule is CC(C)n1nnc(N2CCC3(CC2)Cc2cc(-c4ccc(C(=O)N5CC[C@@H](O)C5)cc4)ncc2O3)n1. The predicted octanol–water partition coefficient (Wildman–Crippen LogP) is 2.50. The van der Waals surface area contributed by atoms with Crippen molar-refractivity contribution in [3.63, 3.8) is 0 Å². The second kappa shape index (κ2) is 8.85. The summed E-state index contributed by atoms with van der Waals surface area (Å²) in [4.78, 5) is 22.9. The molecule has 6 rings (SSSR count). The van der Waals surface area contributed by atoms with Gasteiger partial charge in [0.2, 0.25) is 0 Å². The number of likely N-dealkylation sites (tertiary alicyclic amines) is 1. The summed E-state index contributed by atoms with van der Waals surface area (Å²) in [5, 5.41) is 22.6. The van der Waals surface area contributed by atoms with Gasteiger partial charge in [0.05, 0.1) is 24.0 Å². The Labute approximate surface area is 209 Å². The number of aliphatic hydroxyl groups excluding tert-OH is 1. The Bertz CT molecular complexity index is 1260. The summed E-state index contributed by atoms with van der Waals surface area (Å²) >= 11 is 0. The van der Waals surface area contributed by atoms with Gasteiger partial charge in [0.25, 0.3) is 11.9 Å². The number of amides is 1. The van der Waals surface area contributed by atoms with Crippen molar-refractivity contribution in [3.8, 4) is 17.0 Å². The van der Waals surface area contributed by atoms with E-state index in [2.05, 4.69) is 31.4 Å². The van der Waals surface area contributed by atoms with Crippen molar-refractivity contribution in [2.24, 2.45) is 0 Å². The van der Waals surface area contributed by atoms with Crippen LogP contribution < -0.4 is 9.64 Å². The number of aliphatic hydroxyl groups is 1. The molecule has 5 heterocycles. The van der Waals surface area contributed by atoms with Crippen molar-refractivity contribution in [2.75, 3.05) is 31.1 Å². The first-order valence-electron chi connectivity index (χ1n) is 12.7. The molecule has 36 heavy (non-hydrogen) atoms. The van der Waals surface area contributed by atoms with Crippen molar-refractivity contribution in [1.82, 2.24) is 30.1 Å². The summed E-state index contributed by atoms with van der Waals surface area (Å²) in [6.45, 7) is 6.72. The Morgan fingerprint density at radius 2 is 1.94 bits per heavy atom. The lowest BCUT2D eigenvalue weighted by molar-refractivity contribution is 0.0662. The standard InChI is InChI=1S/C26H31N7O3/c1-17(2)33-29-25(28-30-33)31-11-8-26(9-12-31)14-20-13-22(27-15-23(20)36-26)18-3-5-19(6-4-18)24(35)32-10-7-21(34)16-32/h3-6,13,15,17,21,34H,7-12,14,16H2,1-2H3/t21-/m1/s1. The zero-order chi connectivity index (χ0) is 24.9. The minimum absolute atomic E-state index is 0.0383. The zero-order valence-electron chi connectivity index (χ0n) is 20.7. The number of anilines is 1. The molecule has 1 aromatic carbocycles. The van der Waals surface area contributed by atoms with Crippen LogP contribution in [-0.4, -0.2) is 79.0 Å². The van der Waals surface area contributed by atoms with Crippen molar-refractivity contribution in [2.45, 2.75) is 57.3 Å². The molecule has 1 atom stereocenters. The van der Waals surface area contributed by atoms with Crippen LogP contribution in [0.3, 0.4) is 0 Å². The first kappa shape index (κ1) is 22.9. The quantitative estimate of drug-likeness (QED) is 0.595. The van der Waals surface area contributed by atoms with Crippen molar-refractivity contribution in [3.05, 3.63) is 47.7 Å². The molecule has 3 aromatic rings. The monoisotopic (exact) mass is 489 g/mol. The van der Waals surface area contributed by atoms with E-state index in [0.717, 1.165) is 49.4 Å². The van der Waals surface area contributed by atoms with Gasteiger partial charge in [0.15, 0.2) is 0 Å². The molecular weight excluding hydrogens is 458 g/mol. The Balaban J connectivity index is 1.12. The van der Waals surface area contributed by atoms with E-state index in [4.69, 9.17) is 4.74 Å². The first-order valence-corrected chi connectivity index (χ1v) is 12.7. The van der Waals surface area contributed by atoms with E-state index in [1.807, 2.05) is 44.3 Å². The van der Waals surface area contributed by atoms with Gasteiger partial charge < -0.3 is 19.6 Å². The lowest BCUT2D eigenvalue weighted by atomic mass is 9.87. The van der Waals surface area contributed by atoms with Gasteiger partial charge in [0.1, 0.15) is 11.4 Å². The van der Waals surface area contributed by atoms with E-state index in [1.165, 1.54) is 5.56 Å². The molecule has 0 bridgehead atoms. The highest BCUT2D eigenvalue weighted by molar-refractivity contribution is 5.94. The highest BCUT2D eigenvalue weighted by Crippen LogP contribution is 2.42. The lowest BCUT2D eigenvalue weighted by Crippen LogP contribution is -2.47. The van der Waals surface area contributed by atoms with Crippen LogP contribution in [-0.2, 0) is 6.42 Å². The fourth-order valence-corrected chi connectivity index (χ4v) is 5.34. The number of rotatable bonds is 4. The van der Waals surface area contributed by atoms with Crippen LogP contribution in [0.5, 0.6) is 5.75 Å². The summed E-state index contributed by atoms with van der Waals surface area (Å²) < 4.78 is 6.45. The van der Waals surface area contributed by atoms with Gasteiger partial charge in [-0.25, -0.2) is 0 Å². The molecule has 10 heteroatoms. The number of aromatic nitrogens is 5. The molecule has 2 fully saturated rings. The van der Waals surface area contributed by atoms with E-state index in [1.54, 1.807) is 9.70 Å².